The number of methoxy groups -OCH3 is 2. The van der Waals surface area contributed by atoms with E-state index >= 15 is 0 Å². The molecule has 0 bridgehead atoms. The molecular formula is C15H16FNO4S. The van der Waals surface area contributed by atoms with Crippen molar-refractivity contribution >= 4 is 15.7 Å². The minimum absolute atomic E-state index is 0.00990. The predicted molar refractivity (Wildman–Crippen MR) is 81.5 cm³/mol. The monoisotopic (exact) mass is 325 g/mol. The highest BCUT2D eigenvalue weighted by Gasteiger charge is 2.18. The highest BCUT2D eigenvalue weighted by Crippen LogP contribution is 2.28. The van der Waals surface area contributed by atoms with Crippen molar-refractivity contribution in [1.82, 2.24) is 0 Å². The number of hydrogen-bond donors (Lipinski definition) is 1. The average Bonchev–Trinajstić information content (AvgIpc) is 2.45. The van der Waals surface area contributed by atoms with Crippen LogP contribution in [-0.2, 0) is 10.0 Å². The van der Waals surface area contributed by atoms with Gasteiger partial charge in [0, 0.05) is 18.2 Å². The molecule has 2 aromatic carbocycles. The Morgan fingerprint density at radius 3 is 2.09 bits per heavy atom. The first-order valence-corrected chi connectivity index (χ1v) is 7.86. The summed E-state index contributed by atoms with van der Waals surface area (Å²) in [6, 6.07) is 8.18. The predicted octanol–water partition coefficient (Wildman–Crippen LogP) is 2.95. The van der Waals surface area contributed by atoms with Crippen molar-refractivity contribution < 1.29 is 22.3 Å². The number of ether oxygens (including phenoxy) is 2. The molecule has 0 aliphatic carbocycles. The maximum Gasteiger partial charge on any atom is 0.262 e. The van der Waals surface area contributed by atoms with E-state index in [2.05, 4.69) is 4.72 Å². The van der Waals surface area contributed by atoms with Gasteiger partial charge in [-0.25, -0.2) is 12.8 Å². The zero-order chi connectivity index (χ0) is 16.3. The van der Waals surface area contributed by atoms with E-state index in [9.17, 15) is 12.8 Å². The molecule has 0 fully saturated rings. The van der Waals surface area contributed by atoms with Crippen molar-refractivity contribution in [2.45, 2.75) is 11.8 Å². The second kappa shape index (κ2) is 6.23. The number of nitrogens with one attached hydrogen (secondary N) is 1. The summed E-state index contributed by atoms with van der Waals surface area (Å²) < 4.78 is 50.6. The third-order valence-electron chi connectivity index (χ3n) is 3.03. The molecule has 5 nitrogen and oxygen atoms in total. The van der Waals surface area contributed by atoms with Crippen LogP contribution in [0.1, 0.15) is 5.56 Å². The van der Waals surface area contributed by atoms with Crippen molar-refractivity contribution in [3.63, 3.8) is 0 Å². The molecule has 2 rings (SSSR count). The van der Waals surface area contributed by atoms with Crippen LogP contribution in [0, 0.1) is 12.7 Å². The van der Waals surface area contributed by atoms with Gasteiger partial charge in [0.05, 0.1) is 24.8 Å². The fraction of sp³-hybridized carbons (Fsp3) is 0.200. The van der Waals surface area contributed by atoms with Gasteiger partial charge in [0.2, 0.25) is 0 Å². The normalized spacial score (nSPS) is 11.1. The molecular weight excluding hydrogens is 309 g/mol. The van der Waals surface area contributed by atoms with Gasteiger partial charge >= 0.3 is 0 Å². The van der Waals surface area contributed by atoms with E-state index in [4.69, 9.17) is 9.47 Å². The Balaban J connectivity index is 2.40. The summed E-state index contributed by atoms with van der Waals surface area (Å²) in [5, 5.41) is 0. The van der Waals surface area contributed by atoms with Crippen molar-refractivity contribution in [1.29, 1.82) is 0 Å². The van der Waals surface area contributed by atoms with Gasteiger partial charge in [-0.3, -0.25) is 4.72 Å². The molecule has 1 N–H and O–H groups in total. The molecule has 0 amide bonds. The van der Waals surface area contributed by atoms with Gasteiger partial charge in [0.15, 0.2) is 0 Å². The topological polar surface area (TPSA) is 64.6 Å². The number of sulfonamides is 1. The molecule has 0 aliphatic rings. The summed E-state index contributed by atoms with van der Waals surface area (Å²) in [7, 11) is -0.900. The highest BCUT2D eigenvalue weighted by molar-refractivity contribution is 7.92. The second-order valence-electron chi connectivity index (χ2n) is 4.62. The summed E-state index contributed by atoms with van der Waals surface area (Å²) >= 11 is 0. The van der Waals surface area contributed by atoms with Crippen LogP contribution in [0.5, 0.6) is 11.5 Å². The first-order valence-electron chi connectivity index (χ1n) is 6.38. The van der Waals surface area contributed by atoms with E-state index in [1.807, 2.05) is 0 Å². The second-order valence-corrected chi connectivity index (χ2v) is 6.27. The lowest BCUT2D eigenvalue weighted by atomic mass is 10.2. The van der Waals surface area contributed by atoms with E-state index in [1.54, 1.807) is 6.07 Å². The maximum atomic E-state index is 13.1. The molecule has 0 radical (unpaired) electrons. The molecule has 0 saturated carbocycles. The minimum Gasteiger partial charge on any atom is -0.497 e. The van der Waals surface area contributed by atoms with E-state index in [-0.39, 0.29) is 4.90 Å². The Kier molecular flexibility index (Phi) is 4.56. The fourth-order valence-electron chi connectivity index (χ4n) is 1.99. The Morgan fingerprint density at radius 1 is 1.00 bits per heavy atom. The van der Waals surface area contributed by atoms with Crippen LogP contribution in [0.25, 0.3) is 0 Å². The summed E-state index contributed by atoms with van der Waals surface area (Å²) in [6.07, 6.45) is 0. The Hall–Kier alpha value is -2.28. The molecule has 0 saturated heterocycles. The molecule has 7 heteroatoms. The SMILES string of the molecule is COc1cc(NS(=O)(=O)c2ccc(F)cc2C)cc(OC)c1. The number of benzene rings is 2. The Labute approximate surface area is 128 Å². The number of halogens is 1. The van der Waals surface area contributed by atoms with Crippen molar-refractivity contribution in [2.24, 2.45) is 0 Å². The largest absolute Gasteiger partial charge is 0.497 e. The summed E-state index contributed by atoms with van der Waals surface area (Å²) in [4.78, 5) is 0.00990. The molecule has 118 valence electrons. The van der Waals surface area contributed by atoms with Gasteiger partial charge in [-0.1, -0.05) is 0 Å². The van der Waals surface area contributed by atoms with E-state index in [1.165, 1.54) is 45.4 Å². The maximum absolute atomic E-state index is 13.1. The van der Waals surface area contributed by atoms with Crippen LogP contribution < -0.4 is 14.2 Å². The Morgan fingerprint density at radius 2 is 1.59 bits per heavy atom. The van der Waals surface area contributed by atoms with Gasteiger partial charge in [0.1, 0.15) is 17.3 Å². The quantitative estimate of drug-likeness (QED) is 0.918. The van der Waals surface area contributed by atoms with Crippen molar-refractivity contribution in [3.8, 4) is 11.5 Å². The number of aryl methyl sites for hydroxylation is 1. The lowest BCUT2D eigenvalue weighted by molar-refractivity contribution is 0.395. The smallest absolute Gasteiger partial charge is 0.262 e. The minimum atomic E-state index is -3.84. The van der Waals surface area contributed by atoms with Crippen molar-refractivity contribution in [3.05, 3.63) is 47.8 Å². The molecule has 0 spiro atoms. The van der Waals surface area contributed by atoms with Gasteiger partial charge in [-0.2, -0.15) is 0 Å². The van der Waals surface area contributed by atoms with Crippen LogP contribution in [0.2, 0.25) is 0 Å². The first kappa shape index (κ1) is 16.1. The van der Waals surface area contributed by atoms with Crippen LogP contribution >= 0.6 is 0 Å². The lowest BCUT2D eigenvalue weighted by Crippen LogP contribution is -2.14. The van der Waals surface area contributed by atoms with Gasteiger partial charge in [-0.05, 0) is 30.7 Å². The Bertz CT molecular complexity index is 768. The number of anilines is 1. The van der Waals surface area contributed by atoms with Crippen LogP contribution in [0.3, 0.4) is 0 Å². The molecule has 0 atom stereocenters. The van der Waals surface area contributed by atoms with Crippen LogP contribution in [-0.4, -0.2) is 22.6 Å². The zero-order valence-electron chi connectivity index (χ0n) is 12.4. The van der Waals surface area contributed by atoms with E-state index in [0.717, 1.165) is 6.07 Å². The first-order chi connectivity index (χ1) is 10.4. The van der Waals surface area contributed by atoms with Crippen LogP contribution in [0.15, 0.2) is 41.3 Å². The third kappa shape index (κ3) is 3.48. The van der Waals surface area contributed by atoms with E-state index < -0.39 is 15.8 Å². The standard InChI is InChI=1S/C15H16FNO4S/c1-10-6-11(16)4-5-15(10)22(18,19)17-12-7-13(20-2)9-14(8-12)21-3/h4-9,17H,1-3H3. The van der Waals surface area contributed by atoms with Gasteiger partial charge in [-0.15, -0.1) is 0 Å². The van der Waals surface area contributed by atoms with Crippen molar-refractivity contribution in [2.75, 3.05) is 18.9 Å². The van der Waals surface area contributed by atoms with Gasteiger partial charge in [0.25, 0.3) is 10.0 Å². The van der Waals surface area contributed by atoms with Crippen LogP contribution in [0.4, 0.5) is 10.1 Å². The highest BCUT2D eigenvalue weighted by atomic mass is 32.2. The summed E-state index contributed by atoms with van der Waals surface area (Å²) in [6.45, 7) is 1.53. The van der Waals surface area contributed by atoms with Gasteiger partial charge < -0.3 is 9.47 Å². The number of rotatable bonds is 5. The molecule has 0 aliphatic heterocycles. The summed E-state index contributed by atoms with van der Waals surface area (Å²) in [5.74, 6) is 0.417. The molecule has 22 heavy (non-hydrogen) atoms. The fourth-order valence-corrected chi connectivity index (χ4v) is 3.26. The average molecular weight is 325 g/mol. The number of hydrogen-bond acceptors (Lipinski definition) is 4. The third-order valence-corrected chi connectivity index (χ3v) is 4.57. The van der Waals surface area contributed by atoms with E-state index in [0.29, 0.717) is 22.7 Å². The molecule has 0 aromatic heterocycles. The molecule has 2 aromatic rings. The zero-order valence-corrected chi connectivity index (χ0v) is 13.2. The lowest BCUT2D eigenvalue weighted by Gasteiger charge is -2.12. The summed E-state index contributed by atoms with van der Waals surface area (Å²) in [5.41, 5.74) is 0.613. The molecule has 0 unspecified atom stereocenters. The molecule has 0 heterocycles.